The lowest BCUT2D eigenvalue weighted by molar-refractivity contribution is -0.113. The van der Waals surface area contributed by atoms with Crippen LogP contribution in [0, 0.1) is 0 Å². The van der Waals surface area contributed by atoms with Gasteiger partial charge in [0.05, 0.1) is 5.75 Å². The van der Waals surface area contributed by atoms with E-state index in [1.165, 1.54) is 17.3 Å². The lowest BCUT2D eigenvalue weighted by Crippen LogP contribution is -2.15. The van der Waals surface area contributed by atoms with Crippen molar-refractivity contribution in [2.45, 2.75) is 51.7 Å². The first-order chi connectivity index (χ1) is 14.0. The van der Waals surface area contributed by atoms with Gasteiger partial charge in [-0.1, -0.05) is 50.7 Å². The summed E-state index contributed by atoms with van der Waals surface area (Å²) in [5, 5.41) is 12.3. The molecule has 1 aromatic carbocycles. The fourth-order valence-corrected chi connectivity index (χ4v) is 3.51. The van der Waals surface area contributed by atoms with Gasteiger partial charge in [0.2, 0.25) is 5.91 Å². The molecule has 154 valence electrons. The molecule has 6 nitrogen and oxygen atoms in total. The topological polar surface area (TPSA) is 72.2 Å². The van der Waals surface area contributed by atoms with Crippen LogP contribution in [-0.4, -0.2) is 33.1 Å². The van der Waals surface area contributed by atoms with Crippen molar-refractivity contribution in [2.75, 3.05) is 11.1 Å². The molecule has 0 atom stereocenters. The number of rotatable bonds is 10. The lowest BCUT2D eigenvalue weighted by atomic mass is 10.0. The van der Waals surface area contributed by atoms with Gasteiger partial charge in [-0.25, -0.2) is 0 Å². The number of nitrogens with zero attached hydrogens (tertiary/aromatic N) is 4. The molecule has 0 fully saturated rings. The van der Waals surface area contributed by atoms with Crippen molar-refractivity contribution in [3.05, 3.63) is 54.0 Å². The third kappa shape index (κ3) is 6.42. The molecule has 0 unspecified atom stereocenters. The number of aromatic nitrogens is 3. The predicted molar refractivity (Wildman–Crippen MR) is 123 cm³/mol. The van der Waals surface area contributed by atoms with Crippen molar-refractivity contribution in [2.24, 2.45) is 4.99 Å². The smallest absolute Gasteiger partial charge is 0.234 e. The number of carbonyl (C=O) groups is 1. The highest BCUT2D eigenvalue weighted by molar-refractivity contribution is 7.99. The number of benzene rings is 1. The van der Waals surface area contributed by atoms with E-state index in [2.05, 4.69) is 48.0 Å². The van der Waals surface area contributed by atoms with Crippen molar-refractivity contribution in [1.82, 2.24) is 14.8 Å². The fourth-order valence-electron chi connectivity index (χ4n) is 2.75. The first-order valence-corrected chi connectivity index (χ1v) is 10.7. The number of aliphatic imine (C=N–C) groups is 1. The molecular formula is C22H29N5OS. The number of anilines is 1. The van der Waals surface area contributed by atoms with Crippen molar-refractivity contribution in [3.8, 4) is 0 Å². The van der Waals surface area contributed by atoms with Crippen LogP contribution in [0.3, 0.4) is 0 Å². The SMILES string of the molecule is C=N/C=C\C(=C/C)c1nnc(SCC(=O)Nc2ccc(C(C)C)cc2)n1CCC. The molecule has 0 radical (unpaired) electrons. The molecule has 0 saturated heterocycles. The maximum absolute atomic E-state index is 12.4. The van der Waals surface area contributed by atoms with Gasteiger partial charge in [0.15, 0.2) is 11.0 Å². The molecule has 1 heterocycles. The van der Waals surface area contributed by atoms with Gasteiger partial charge < -0.3 is 9.88 Å². The zero-order valence-corrected chi connectivity index (χ0v) is 18.4. The van der Waals surface area contributed by atoms with Crippen LogP contribution in [0.5, 0.6) is 0 Å². The zero-order chi connectivity index (χ0) is 21.2. The zero-order valence-electron chi connectivity index (χ0n) is 17.6. The van der Waals surface area contributed by atoms with Gasteiger partial charge in [0.25, 0.3) is 0 Å². The highest BCUT2D eigenvalue weighted by atomic mass is 32.2. The Morgan fingerprint density at radius 1 is 1.31 bits per heavy atom. The highest BCUT2D eigenvalue weighted by Crippen LogP contribution is 2.23. The van der Waals surface area contributed by atoms with E-state index in [0.717, 1.165) is 35.2 Å². The molecule has 0 spiro atoms. The van der Waals surface area contributed by atoms with Crippen LogP contribution in [-0.2, 0) is 11.3 Å². The molecule has 0 aliphatic carbocycles. The molecule has 7 heteroatoms. The first kappa shape index (κ1) is 22.6. The van der Waals surface area contributed by atoms with Crippen LogP contribution in [0.15, 0.2) is 52.8 Å². The van der Waals surface area contributed by atoms with Crippen molar-refractivity contribution in [3.63, 3.8) is 0 Å². The van der Waals surface area contributed by atoms with Gasteiger partial charge in [0, 0.05) is 24.0 Å². The predicted octanol–water partition coefficient (Wildman–Crippen LogP) is 5.16. The van der Waals surface area contributed by atoms with E-state index in [1.807, 2.05) is 47.9 Å². The average Bonchev–Trinajstić information content (AvgIpc) is 3.10. The Balaban J connectivity index is 2.06. The van der Waals surface area contributed by atoms with Crippen LogP contribution in [0.2, 0.25) is 0 Å². The van der Waals surface area contributed by atoms with Crippen molar-refractivity contribution in [1.29, 1.82) is 0 Å². The molecule has 29 heavy (non-hydrogen) atoms. The van der Waals surface area contributed by atoms with Crippen LogP contribution in [0.4, 0.5) is 5.69 Å². The van der Waals surface area contributed by atoms with Gasteiger partial charge >= 0.3 is 0 Å². The van der Waals surface area contributed by atoms with Gasteiger partial charge in [0.1, 0.15) is 0 Å². The summed E-state index contributed by atoms with van der Waals surface area (Å²) < 4.78 is 2.04. The quantitative estimate of drug-likeness (QED) is 0.333. The standard InChI is InChI=1S/C22H29N5OS/c1-6-14-27-21(17(7-2)12-13-23-5)25-26-22(27)29-15-20(28)24-19-10-8-18(9-11-19)16(3)4/h7-13,16H,5-6,14-15H2,1-4H3,(H,24,28)/b13-12-,17-7+. The second-order valence-electron chi connectivity index (χ2n) is 6.81. The van der Waals surface area contributed by atoms with E-state index in [4.69, 9.17) is 0 Å². The molecular weight excluding hydrogens is 382 g/mol. The number of amides is 1. The molecule has 1 N–H and O–H groups in total. The molecule has 1 amide bonds. The summed E-state index contributed by atoms with van der Waals surface area (Å²) in [4.78, 5) is 16.1. The largest absolute Gasteiger partial charge is 0.325 e. The van der Waals surface area contributed by atoms with E-state index in [0.29, 0.717) is 5.92 Å². The number of hydrogen-bond donors (Lipinski definition) is 1. The van der Waals surface area contributed by atoms with Crippen molar-refractivity contribution >= 4 is 35.6 Å². The number of hydrogen-bond acceptors (Lipinski definition) is 5. The Kier molecular flexibility index (Phi) is 8.86. The number of carbonyl (C=O) groups excluding carboxylic acids is 1. The van der Waals surface area contributed by atoms with E-state index >= 15 is 0 Å². The summed E-state index contributed by atoms with van der Waals surface area (Å²) in [6.45, 7) is 12.6. The fraction of sp³-hybridized carbons (Fsp3) is 0.364. The summed E-state index contributed by atoms with van der Waals surface area (Å²) in [5.41, 5.74) is 2.96. The molecule has 1 aromatic heterocycles. The second-order valence-corrected chi connectivity index (χ2v) is 7.76. The van der Waals surface area contributed by atoms with Gasteiger partial charge in [-0.3, -0.25) is 9.79 Å². The number of nitrogens with one attached hydrogen (secondary N) is 1. The minimum atomic E-state index is -0.0677. The summed E-state index contributed by atoms with van der Waals surface area (Å²) in [6, 6.07) is 7.96. The molecule has 0 bridgehead atoms. The number of thioether (sulfide) groups is 1. The Morgan fingerprint density at radius 2 is 2.03 bits per heavy atom. The maximum Gasteiger partial charge on any atom is 0.234 e. The Morgan fingerprint density at radius 3 is 2.62 bits per heavy atom. The van der Waals surface area contributed by atoms with Gasteiger partial charge in [-0.15, -0.1) is 10.2 Å². The third-order valence-electron chi connectivity index (χ3n) is 4.29. The summed E-state index contributed by atoms with van der Waals surface area (Å²) in [7, 11) is 0. The summed E-state index contributed by atoms with van der Waals surface area (Å²) >= 11 is 1.39. The minimum absolute atomic E-state index is 0.0677. The van der Waals surface area contributed by atoms with Crippen LogP contribution in [0.1, 0.15) is 51.4 Å². The maximum atomic E-state index is 12.4. The lowest BCUT2D eigenvalue weighted by Gasteiger charge is -2.10. The van der Waals surface area contributed by atoms with Crippen LogP contribution < -0.4 is 5.32 Å². The van der Waals surface area contributed by atoms with Gasteiger partial charge in [-0.05, 0) is 49.8 Å². The van der Waals surface area contributed by atoms with E-state index < -0.39 is 0 Å². The molecule has 0 saturated carbocycles. The average molecular weight is 412 g/mol. The monoisotopic (exact) mass is 411 g/mol. The minimum Gasteiger partial charge on any atom is -0.325 e. The first-order valence-electron chi connectivity index (χ1n) is 9.75. The van der Waals surface area contributed by atoms with Crippen LogP contribution in [0.25, 0.3) is 5.57 Å². The Hall–Kier alpha value is -2.67. The van der Waals surface area contributed by atoms with E-state index in [1.54, 1.807) is 6.20 Å². The van der Waals surface area contributed by atoms with Crippen molar-refractivity contribution < 1.29 is 4.79 Å². The van der Waals surface area contributed by atoms with Crippen LogP contribution >= 0.6 is 11.8 Å². The molecule has 2 aromatic rings. The Labute approximate surface area is 177 Å². The molecule has 2 rings (SSSR count). The summed E-state index contributed by atoms with van der Waals surface area (Å²) in [6.07, 6.45) is 6.38. The van der Waals surface area contributed by atoms with E-state index in [9.17, 15) is 4.79 Å². The highest BCUT2D eigenvalue weighted by Gasteiger charge is 2.15. The molecule has 0 aliphatic heterocycles. The Bertz CT molecular complexity index is 881. The second kappa shape index (κ2) is 11.4. The van der Waals surface area contributed by atoms with E-state index in [-0.39, 0.29) is 11.7 Å². The van der Waals surface area contributed by atoms with Gasteiger partial charge in [-0.2, -0.15) is 0 Å². The molecule has 0 aliphatic rings. The number of allylic oxidation sites excluding steroid dienone is 3. The third-order valence-corrected chi connectivity index (χ3v) is 5.25. The normalized spacial score (nSPS) is 12.0. The summed E-state index contributed by atoms with van der Waals surface area (Å²) in [5.74, 6) is 1.43.